The Labute approximate surface area is 584 Å². The van der Waals surface area contributed by atoms with E-state index in [1.54, 1.807) is 127 Å². The smallest absolute Gasteiger partial charge is 0.261 e. The molecule has 0 radical (unpaired) electrons. The molecule has 0 bridgehead atoms. The van der Waals surface area contributed by atoms with Crippen molar-refractivity contribution in [2.24, 2.45) is 0 Å². The number of anilines is 9. The number of carbonyl (C=O) groups excluding carboxylic acids is 3. The Morgan fingerprint density at radius 1 is 0.426 bits per heavy atom. The van der Waals surface area contributed by atoms with Gasteiger partial charge in [0.1, 0.15) is 39.9 Å². The fourth-order valence-corrected chi connectivity index (χ4v) is 12.6. The van der Waals surface area contributed by atoms with Crippen molar-refractivity contribution in [1.29, 1.82) is 0 Å². The second-order valence-electron chi connectivity index (χ2n) is 23.6. The molecule has 3 aliphatic heterocycles. The number of fused-ring (bicyclic) bond motifs is 9. The molecule has 24 nitrogen and oxygen atoms in total. The lowest BCUT2D eigenvalue weighted by Crippen LogP contribution is -2.26. The van der Waals surface area contributed by atoms with Crippen LogP contribution in [0.25, 0.3) is 32.7 Å². The Kier molecular flexibility index (Phi) is 19.3. The first kappa shape index (κ1) is 67.2. The molecule has 0 saturated heterocycles. The minimum atomic E-state index is -0.619. The minimum absolute atomic E-state index is 0.125. The summed E-state index contributed by atoms with van der Waals surface area (Å²) in [5.74, 6) is 3.99. The molecule has 9 aromatic heterocycles. The van der Waals surface area contributed by atoms with Crippen LogP contribution in [0.1, 0.15) is 68.5 Å². The summed E-state index contributed by atoms with van der Waals surface area (Å²) in [7, 11) is 5.12. The van der Waals surface area contributed by atoms with Crippen molar-refractivity contribution < 1.29 is 47.2 Å². The maximum atomic E-state index is 13.9. The number of hydrogen-bond acceptors (Lipinski definition) is 18. The highest BCUT2D eigenvalue weighted by atomic mass is 35.5. The second-order valence-corrected chi connectivity index (χ2v) is 24.0. The lowest BCUT2D eigenvalue weighted by atomic mass is 10.1. The zero-order chi connectivity index (χ0) is 70.6. The fourth-order valence-electron chi connectivity index (χ4n) is 12.5. The van der Waals surface area contributed by atoms with Crippen LogP contribution >= 0.6 is 11.6 Å². The van der Waals surface area contributed by atoms with Gasteiger partial charge in [0, 0.05) is 121 Å². The molecule has 0 saturated carbocycles. The normalized spacial score (nSPS) is 13.0. The SMILES string of the molecule is CCN1c2ncc(CCOc3cc[n+]([O-])c4ccccc34)cc2C(=O)N(C)c2ccc(Cl)nc21.CCN1c2ncc(CCOc3cc[n+]([O-])c4ccccc34)cc2C(=O)N(C)c2ccc(F)nc21.CCN1c2ncc(CCOc3cc[n+]([O-])c4ccccc34)cc2C(=O)N(C)c2cccnc21. The first-order chi connectivity index (χ1) is 49.0. The molecule has 0 N–H and O–H groups in total. The fraction of sp³-hybridized carbons (Fsp3) is 0.200. The summed E-state index contributed by atoms with van der Waals surface area (Å²) in [4.78, 5) is 76.9. The van der Waals surface area contributed by atoms with E-state index in [2.05, 4.69) is 29.9 Å². The molecule has 0 atom stereocenters. The number of aromatic nitrogens is 9. The molecule has 3 amide bonds. The third-order valence-corrected chi connectivity index (χ3v) is 17.8. The predicted octanol–water partition coefficient (Wildman–Crippen LogP) is 11.7. The van der Waals surface area contributed by atoms with Crippen LogP contribution in [0.4, 0.5) is 56.4 Å². The van der Waals surface area contributed by atoms with Crippen LogP contribution in [0.15, 0.2) is 189 Å². The van der Waals surface area contributed by atoms with Gasteiger partial charge >= 0.3 is 0 Å². The second kappa shape index (κ2) is 29.0. The van der Waals surface area contributed by atoms with E-state index in [4.69, 9.17) is 25.8 Å². The van der Waals surface area contributed by atoms with E-state index in [1.165, 1.54) is 29.6 Å². The molecule has 3 aliphatic rings. The molecule has 0 unspecified atom stereocenters. The van der Waals surface area contributed by atoms with Crippen LogP contribution in [-0.4, -0.2) is 108 Å². The van der Waals surface area contributed by atoms with Gasteiger partial charge in [0.2, 0.25) is 22.5 Å². The number of para-hydroxylation sites is 3. The van der Waals surface area contributed by atoms with Crippen LogP contribution in [0.5, 0.6) is 17.2 Å². The average Bonchev–Trinajstić information content (AvgIpc) is 1.64. The lowest BCUT2D eigenvalue weighted by molar-refractivity contribution is -0.577. The summed E-state index contributed by atoms with van der Waals surface area (Å²) in [5.41, 5.74) is 7.60. The standard InChI is InChI=1S/C25H22ClN5O3.C25H22FN5O3.C25H23N5O3/c2*1-3-30-23-18(25(32)29(2)20-8-9-22(26)28-24(20)30)14-16(15-27-23)11-13-34-21-10-12-31(33)19-7-5-4-6-17(19)21;1-3-29-23-19(25(31)28(2)21-9-6-12-26-24(21)29)15-17(16-27-23)11-14-33-22-10-13-30(32)20-8-5-4-7-18(20)22/h2*4-10,12,14-15H,3,11,13H2,1-2H3;4-10,12-13,15-16H,3,11,14H2,1-2H3. The van der Waals surface area contributed by atoms with Gasteiger partial charge in [-0.15, -0.1) is 0 Å². The van der Waals surface area contributed by atoms with Crippen molar-refractivity contribution in [2.75, 3.05) is 90.0 Å². The Morgan fingerprint density at radius 2 is 0.782 bits per heavy atom. The van der Waals surface area contributed by atoms with Crippen LogP contribution in [-0.2, 0) is 19.3 Å². The summed E-state index contributed by atoms with van der Waals surface area (Å²) in [6.45, 7) is 8.65. The van der Waals surface area contributed by atoms with Crippen molar-refractivity contribution in [2.45, 2.75) is 40.0 Å². The van der Waals surface area contributed by atoms with E-state index >= 15 is 0 Å². The van der Waals surface area contributed by atoms with Gasteiger partial charge in [-0.3, -0.25) is 14.4 Å². The number of rotatable bonds is 15. The van der Waals surface area contributed by atoms with Gasteiger partial charge in [-0.05, 0) is 110 Å². The summed E-state index contributed by atoms with van der Waals surface area (Å²) in [6, 6.07) is 42.3. The van der Waals surface area contributed by atoms with E-state index in [0.29, 0.717) is 161 Å². The molecule has 0 spiro atoms. The lowest BCUT2D eigenvalue weighted by Gasteiger charge is -2.23. The first-order valence-corrected chi connectivity index (χ1v) is 33.0. The van der Waals surface area contributed by atoms with Crippen molar-refractivity contribution in [3.8, 4) is 17.2 Å². The number of carbonyl (C=O) groups is 3. The quantitative estimate of drug-likeness (QED) is 0.0525. The summed E-state index contributed by atoms with van der Waals surface area (Å²) in [6.07, 6.45) is 12.9. The molecule has 26 heteroatoms. The number of hydrogen-bond donors (Lipinski definition) is 0. The third kappa shape index (κ3) is 13.3. The molecule has 12 aromatic rings. The Morgan fingerprint density at radius 3 is 1.18 bits per heavy atom. The highest BCUT2D eigenvalue weighted by Gasteiger charge is 2.34. The van der Waals surface area contributed by atoms with Crippen molar-refractivity contribution in [1.82, 2.24) is 29.9 Å². The number of halogens is 2. The van der Waals surface area contributed by atoms with Gasteiger partial charge in [-0.2, -0.15) is 23.6 Å². The first-order valence-electron chi connectivity index (χ1n) is 32.7. The zero-order valence-electron chi connectivity index (χ0n) is 55.9. The van der Waals surface area contributed by atoms with Gasteiger partial charge in [0.15, 0.2) is 36.0 Å². The van der Waals surface area contributed by atoms with Crippen LogP contribution in [0.2, 0.25) is 5.15 Å². The minimum Gasteiger partial charge on any atom is -0.618 e. The number of ether oxygens (including phenoxy) is 3. The van der Waals surface area contributed by atoms with E-state index in [1.807, 2.05) is 103 Å². The average molecular weight is 1380 g/mol. The molecule has 0 aliphatic carbocycles. The van der Waals surface area contributed by atoms with Gasteiger partial charge in [0.05, 0.1) is 69.7 Å². The van der Waals surface area contributed by atoms with Crippen molar-refractivity contribution >= 4 is 114 Å². The number of benzene rings is 3. The molecule has 3 aromatic carbocycles. The molecule has 12 heterocycles. The molecule has 510 valence electrons. The monoisotopic (exact) mass is 1380 g/mol. The van der Waals surface area contributed by atoms with Gasteiger partial charge in [0.25, 0.3) is 17.7 Å². The highest BCUT2D eigenvalue weighted by molar-refractivity contribution is 6.29. The van der Waals surface area contributed by atoms with E-state index < -0.39 is 5.95 Å². The molecular formula is C75H67ClFN15O9. The molecule has 15 rings (SSSR count). The third-order valence-electron chi connectivity index (χ3n) is 17.6. The van der Waals surface area contributed by atoms with Crippen molar-refractivity contribution in [3.63, 3.8) is 0 Å². The van der Waals surface area contributed by atoms with Gasteiger partial charge < -0.3 is 59.2 Å². The largest absolute Gasteiger partial charge is 0.618 e. The van der Waals surface area contributed by atoms with Crippen LogP contribution in [0, 0.1) is 21.6 Å². The predicted molar refractivity (Wildman–Crippen MR) is 383 cm³/mol. The van der Waals surface area contributed by atoms with E-state index in [0.717, 1.165) is 52.7 Å². The Bertz CT molecular complexity index is 4980. The molecule has 101 heavy (non-hydrogen) atoms. The molecule has 0 fully saturated rings. The Balaban J connectivity index is 0.000000135. The van der Waals surface area contributed by atoms with Crippen LogP contribution < -0.4 is 57.8 Å². The number of amides is 3. The summed E-state index contributed by atoms with van der Waals surface area (Å²) in [5, 5.41) is 38.6. The van der Waals surface area contributed by atoms with Gasteiger partial charge in [-0.1, -0.05) is 48.0 Å². The summed E-state index contributed by atoms with van der Waals surface area (Å²) < 4.78 is 34.3. The van der Waals surface area contributed by atoms with E-state index in [9.17, 15) is 34.4 Å². The zero-order valence-corrected chi connectivity index (χ0v) is 56.7. The molecular weight excluding hydrogens is 1310 g/mol. The van der Waals surface area contributed by atoms with Gasteiger partial charge in [-0.25, -0.2) is 24.9 Å². The maximum Gasteiger partial charge on any atom is 0.261 e. The highest BCUT2D eigenvalue weighted by Crippen LogP contribution is 2.42. The van der Waals surface area contributed by atoms with Crippen LogP contribution in [0.3, 0.4) is 0 Å². The topological polar surface area (TPSA) is 256 Å². The Hall–Kier alpha value is -12.4. The van der Waals surface area contributed by atoms with E-state index in [-0.39, 0.29) is 17.7 Å². The maximum absolute atomic E-state index is 13.9. The summed E-state index contributed by atoms with van der Waals surface area (Å²) >= 11 is 6.15. The number of pyridine rings is 9. The van der Waals surface area contributed by atoms with Crippen molar-refractivity contribution in [3.05, 3.63) is 249 Å². The number of nitrogens with zero attached hydrogens (tertiary/aromatic N) is 15.